The number of hydrogen-bond donors (Lipinski definition) is 1. The summed E-state index contributed by atoms with van der Waals surface area (Å²) in [5.74, 6) is 0.676. The van der Waals surface area contributed by atoms with Gasteiger partial charge in [-0.25, -0.2) is 0 Å². The average molecular weight is 197 g/mol. The van der Waals surface area contributed by atoms with Gasteiger partial charge in [0, 0.05) is 19.3 Å². The molecule has 0 aliphatic carbocycles. The zero-order chi connectivity index (χ0) is 9.10. The van der Waals surface area contributed by atoms with Gasteiger partial charge in [-0.2, -0.15) is 11.3 Å². The van der Waals surface area contributed by atoms with Gasteiger partial charge in [-0.1, -0.05) is 0 Å². The molecule has 2 N–H and O–H groups in total. The van der Waals surface area contributed by atoms with Crippen LogP contribution in [0.1, 0.15) is 24.4 Å². The van der Waals surface area contributed by atoms with E-state index in [1.54, 1.807) is 11.3 Å². The van der Waals surface area contributed by atoms with E-state index in [0.29, 0.717) is 5.92 Å². The molecule has 0 radical (unpaired) electrons. The van der Waals surface area contributed by atoms with Crippen molar-refractivity contribution >= 4 is 11.3 Å². The lowest BCUT2D eigenvalue weighted by Crippen LogP contribution is -2.14. The van der Waals surface area contributed by atoms with Crippen LogP contribution in [0.15, 0.2) is 16.8 Å². The lowest BCUT2D eigenvalue weighted by atomic mass is 9.96. The first-order valence-electron chi connectivity index (χ1n) is 4.71. The minimum atomic E-state index is 0.206. The lowest BCUT2D eigenvalue weighted by Gasteiger charge is -2.13. The zero-order valence-corrected chi connectivity index (χ0v) is 8.43. The van der Waals surface area contributed by atoms with E-state index < -0.39 is 0 Å². The van der Waals surface area contributed by atoms with Crippen LogP contribution in [-0.4, -0.2) is 13.2 Å². The monoisotopic (exact) mass is 197 g/mol. The van der Waals surface area contributed by atoms with Crippen molar-refractivity contribution < 1.29 is 4.74 Å². The predicted octanol–water partition coefficient (Wildman–Crippen LogP) is 2.17. The summed E-state index contributed by atoms with van der Waals surface area (Å²) >= 11 is 1.71. The Labute approximate surface area is 82.7 Å². The van der Waals surface area contributed by atoms with Crippen molar-refractivity contribution in [2.75, 3.05) is 13.2 Å². The molecule has 1 saturated heterocycles. The number of nitrogens with two attached hydrogens (primary N) is 1. The Balaban J connectivity index is 1.87. The SMILES string of the molecule is NC(CC1CCOC1)c1ccsc1. The van der Waals surface area contributed by atoms with Gasteiger partial charge in [0.15, 0.2) is 0 Å². The van der Waals surface area contributed by atoms with Crippen LogP contribution in [0.5, 0.6) is 0 Å². The maximum absolute atomic E-state index is 6.07. The van der Waals surface area contributed by atoms with Crippen molar-refractivity contribution in [1.29, 1.82) is 0 Å². The molecule has 72 valence electrons. The summed E-state index contributed by atoms with van der Waals surface area (Å²) in [6, 6.07) is 2.32. The molecule has 0 spiro atoms. The van der Waals surface area contributed by atoms with E-state index in [1.165, 1.54) is 12.0 Å². The van der Waals surface area contributed by atoms with Crippen molar-refractivity contribution in [1.82, 2.24) is 0 Å². The molecule has 1 aromatic heterocycles. The van der Waals surface area contributed by atoms with Crippen molar-refractivity contribution in [3.05, 3.63) is 22.4 Å². The van der Waals surface area contributed by atoms with Gasteiger partial charge in [-0.15, -0.1) is 0 Å². The number of thiophene rings is 1. The van der Waals surface area contributed by atoms with Crippen LogP contribution in [0.25, 0.3) is 0 Å². The fourth-order valence-corrected chi connectivity index (χ4v) is 2.48. The van der Waals surface area contributed by atoms with Crippen LogP contribution < -0.4 is 5.73 Å². The quantitative estimate of drug-likeness (QED) is 0.806. The van der Waals surface area contributed by atoms with Crippen molar-refractivity contribution in [3.63, 3.8) is 0 Å². The summed E-state index contributed by atoms with van der Waals surface area (Å²) in [5.41, 5.74) is 7.35. The highest BCUT2D eigenvalue weighted by Crippen LogP contribution is 2.25. The molecule has 2 rings (SSSR count). The first kappa shape index (κ1) is 9.19. The molecule has 3 heteroatoms. The Morgan fingerprint density at radius 1 is 1.69 bits per heavy atom. The molecular formula is C10H15NOS. The second kappa shape index (κ2) is 4.22. The largest absolute Gasteiger partial charge is 0.381 e. The van der Waals surface area contributed by atoms with Crippen LogP contribution in [-0.2, 0) is 4.74 Å². The Morgan fingerprint density at radius 3 is 3.23 bits per heavy atom. The van der Waals surface area contributed by atoms with E-state index >= 15 is 0 Å². The van der Waals surface area contributed by atoms with Gasteiger partial charge in [-0.3, -0.25) is 0 Å². The summed E-state index contributed by atoms with van der Waals surface area (Å²) in [7, 11) is 0. The van der Waals surface area contributed by atoms with Crippen molar-refractivity contribution in [3.8, 4) is 0 Å². The Bertz CT molecular complexity index is 241. The van der Waals surface area contributed by atoms with Gasteiger partial charge in [0.05, 0.1) is 0 Å². The highest BCUT2D eigenvalue weighted by atomic mass is 32.1. The summed E-state index contributed by atoms with van der Waals surface area (Å²) in [4.78, 5) is 0. The summed E-state index contributed by atoms with van der Waals surface area (Å²) < 4.78 is 5.32. The van der Waals surface area contributed by atoms with Gasteiger partial charge in [-0.05, 0) is 41.1 Å². The van der Waals surface area contributed by atoms with E-state index in [1.807, 2.05) is 0 Å². The van der Waals surface area contributed by atoms with E-state index in [4.69, 9.17) is 10.5 Å². The van der Waals surface area contributed by atoms with Crippen molar-refractivity contribution in [2.45, 2.75) is 18.9 Å². The van der Waals surface area contributed by atoms with Gasteiger partial charge in [0.25, 0.3) is 0 Å². The van der Waals surface area contributed by atoms with Gasteiger partial charge in [0.2, 0.25) is 0 Å². The van der Waals surface area contributed by atoms with E-state index in [-0.39, 0.29) is 6.04 Å². The molecule has 0 saturated carbocycles. The normalized spacial score (nSPS) is 24.8. The molecule has 2 nitrogen and oxygen atoms in total. The molecule has 13 heavy (non-hydrogen) atoms. The third-order valence-electron chi connectivity index (χ3n) is 2.58. The van der Waals surface area contributed by atoms with E-state index in [9.17, 15) is 0 Å². The Hall–Kier alpha value is -0.380. The Kier molecular flexibility index (Phi) is 2.98. The maximum Gasteiger partial charge on any atom is 0.0495 e. The number of ether oxygens (including phenoxy) is 1. The number of hydrogen-bond acceptors (Lipinski definition) is 3. The smallest absolute Gasteiger partial charge is 0.0495 e. The third kappa shape index (κ3) is 2.30. The maximum atomic E-state index is 6.07. The van der Waals surface area contributed by atoms with Gasteiger partial charge in [0.1, 0.15) is 0 Å². The highest BCUT2D eigenvalue weighted by molar-refractivity contribution is 7.07. The summed E-state index contributed by atoms with van der Waals surface area (Å²) in [6.07, 6.45) is 2.24. The molecule has 0 aromatic carbocycles. The third-order valence-corrected chi connectivity index (χ3v) is 3.28. The Morgan fingerprint density at radius 2 is 2.62 bits per heavy atom. The first-order chi connectivity index (χ1) is 6.36. The lowest BCUT2D eigenvalue weighted by molar-refractivity contribution is 0.182. The average Bonchev–Trinajstić information content (AvgIpc) is 2.74. The predicted molar refractivity (Wildman–Crippen MR) is 54.8 cm³/mol. The summed E-state index contributed by atoms with van der Waals surface area (Å²) in [5, 5.41) is 4.22. The fourth-order valence-electron chi connectivity index (χ4n) is 1.75. The molecule has 2 heterocycles. The second-order valence-electron chi connectivity index (χ2n) is 3.63. The zero-order valence-electron chi connectivity index (χ0n) is 7.61. The molecule has 1 aromatic rings. The number of rotatable bonds is 3. The van der Waals surface area contributed by atoms with Gasteiger partial charge >= 0.3 is 0 Å². The molecule has 2 atom stereocenters. The molecule has 1 aliphatic heterocycles. The van der Waals surface area contributed by atoms with Crippen LogP contribution >= 0.6 is 11.3 Å². The highest BCUT2D eigenvalue weighted by Gasteiger charge is 2.19. The van der Waals surface area contributed by atoms with E-state index in [2.05, 4.69) is 16.8 Å². The first-order valence-corrected chi connectivity index (χ1v) is 5.66. The van der Waals surface area contributed by atoms with Gasteiger partial charge < -0.3 is 10.5 Å². The molecule has 2 unspecified atom stereocenters. The minimum absolute atomic E-state index is 0.206. The minimum Gasteiger partial charge on any atom is -0.381 e. The molecule has 0 amide bonds. The molecule has 0 bridgehead atoms. The van der Waals surface area contributed by atoms with Crippen molar-refractivity contribution in [2.24, 2.45) is 11.7 Å². The van der Waals surface area contributed by atoms with Crippen LogP contribution in [0, 0.1) is 5.92 Å². The molecule has 1 aliphatic rings. The fraction of sp³-hybridized carbons (Fsp3) is 0.600. The topological polar surface area (TPSA) is 35.2 Å². The summed E-state index contributed by atoms with van der Waals surface area (Å²) in [6.45, 7) is 1.82. The molecule has 1 fully saturated rings. The van der Waals surface area contributed by atoms with Crippen LogP contribution in [0.4, 0.5) is 0 Å². The van der Waals surface area contributed by atoms with E-state index in [0.717, 1.165) is 19.6 Å². The standard InChI is InChI=1S/C10H15NOS/c11-10(9-2-4-13-7-9)5-8-1-3-12-6-8/h2,4,7-8,10H,1,3,5-6,11H2. The van der Waals surface area contributed by atoms with Crippen LogP contribution in [0.2, 0.25) is 0 Å². The second-order valence-corrected chi connectivity index (χ2v) is 4.41. The van der Waals surface area contributed by atoms with Crippen LogP contribution in [0.3, 0.4) is 0 Å². The molecular weight excluding hydrogens is 182 g/mol.